The Hall–Kier alpha value is -2.83. The second kappa shape index (κ2) is 15.4. The van der Waals surface area contributed by atoms with Crippen molar-refractivity contribution in [2.75, 3.05) is 13.2 Å². The number of unbranched alkanes of at least 4 members (excludes halogenated alkanes) is 1. The summed E-state index contributed by atoms with van der Waals surface area (Å²) in [7, 11) is 0. The van der Waals surface area contributed by atoms with Crippen molar-refractivity contribution in [3.05, 3.63) is 99.5 Å². The van der Waals surface area contributed by atoms with Gasteiger partial charge < -0.3 is 15.0 Å². The monoisotopic (exact) mass is 584 g/mol. The van der Waals surface area contributed by atoms with E-state index in [1.165, 1.54) is 0 Å². The maximum absolute atomic E-state index is 13.6. The molecule has 0 heterocycles. The minimum atomic E-state index is -0.622. The number of rotatable bonds is 14. The maximum atomic E-state index is 13.6. The van der Waals surface area contributed by atoms with Gasteiger partial charge in [-0.1, -0.05) is 83.3 Å². The van der Waals surface area contributed by atoms with E-state index in [1.807, 2.05) is 54.6 Å². The first-order valence-corrected chi connectivity index (χ1v) is 13.9. The number of halogens is 2. The first kappa shape index (κ1) is 28.7. The third-order valence-corrected chi connectivity index (χ3v) is 6.71. The highest BCUT2D eigenvalue weighted by molar-refractivity contribution is 9.10. The van der Waals surface area contributed by atoms with Crippen LogP contribution >= 0.6 is 27.5 Å². The van der Waals surface area contributed by atoms with E-state index in [1.54, 1.807) is 29.2 Å². The zero-order chi connectivity index (χ0) is 26.5. The summed E-state index contributed by atoms with van der Waals surface area (Å²) in [5, 5.41) is 3.70. The molecule has 0 fully saturated rings. The van der Waals surface area contributed by atoms with Gasteiger partial charge in [0.1, 0.15) is 11.8 Å². The van der Waals surface area contributed by atoms with Crippen molar-refractivity contribution < 1.29 is 14.3 Å². The predicted molar refractivity (Wildman–Crippen MR) is 153 cm³/mol. The van der Waals surface area contributed by atoms with E-state index in [9.17, 15) is 9.59 Å². The lowest BCUT2D eigenvalue weighted by Crippen LogP contribution is -2.50. The van der Waals surface area contributed by atoms with E-state index < -0.39 is 6.04 Å². The summed E-state index contributed by atoms with van der Waals surface area (Å²) >= 11 is 9.46. The molecule has 1 N–H and O–H groups in total. The van der Waals surface area contributed by atoms with Gasteiger partial charge in [0.2, 0.25) is 11.8 Å². The number of benzene rings is 3. The van der Waals surface area contributed by atoms with Gasteiger partial charge in [-0.3, -0.25) is 9.59 Å². The largest absolute Gasteiger partial charge is 0.494 e. The first-order valence-electron chi connectivity index (χ1n) is 12.7. The van der Waals surface area contributed by atoms with E-state index >= 15 is 0 Å². The molecule has 0 bridgehead atoms. The molecular formula is C30H34BrClN2O3. The van der Waals surface area contributed by atoms with Crippen LogP contribution in [0, 0.1) is 0 Å². The second-order valence-electron chi connectivity index (χ2n) is 8.91. The fourth-order valence-corrected chi connectivity index (χ4v) is 4.55. The van der Waals surface area contributed by atoms with Crippen LogP contribution in [0.3, 0.4) is 0 Å². The zero-order valence-electron chi connectivity index (χ0n) is 21.2. The van der Waals surface area contributed by atoms with Crippen molar-refractivity contribution in [2.45, 2.75) is 51.6 Å². The highest BCUT2D eigenvalue weighted by atomic mass is 79.9. The van der Waals surface area contributed by atoms with E-state index in [4.69, 9.17) is 16.3 Å². The van der Waals surface area contributed by atoms with Crippen LogP contribution in [0.1, 0.15) is 43.7 Å². The van der Waals surface area contributed by atoms with Crippen molar-refractivity contribution in [1.29, 1.82) is 0 Å². The normalized spacial score (nSPS) is 11.5. The van der Waals surface area contributed by atoms with Crippen molar-refractivity contribution in [3.63, 3.8) is 0 Å². The summed E-state index contributed by atoms with van der Waals surface area (Å²) in [5.41, 5.74) is 1.97. The van der Waals surface area contributed by atoms with Crippen LogP contribution in [-0.2, 0) is 22.6 Å². The molecule has 0 saturated carbocycles. The third kappa shape index (κ3) is 9.86. The quantitative estimate of drug-likeness (QED) is 0.211. The fraction of sp³-hybridized carbons (Fsp3) is 0.333. The molecule has 196 valence electrons. The van der Waals surface area contributed by atoms with E-state index in [0.29, 0.717) is 43.3 Å². The van der Waals surface area contributed by atoms with Crippen LogP contribution < -0.4 is 10.1 Å². The Labute approximate surface area is 233 Å². The lowest BCUT2D eigenvalue weighted by atomic mass is 10.0. The Morgan fingerprint density at radius 1 is 0.973 bits per heavy atom. The van der Waals surface area contributed by atoms with E-state index in [2.05, 4.69) is 28.2 Å². The number of hydrogen-bond acceptors (Lipinski definition) is 3. The Morgan fingerprint density at radius 3 is 2.41 bits per heavy atom. The first-order chi connectivity index (χ1) is 18.0. The fourth-order valence-electron chi connectivity index (χ4n) is 3.98. The van der Waals surface area contributed by atoms with Crippen molar-refractivity contribution in [2.24, 2.45) is 0 Å². The van der Waals surface area contributed by atoms with Crippen LogP contribution in [0.15, 0.2) is 83.3 Å². The van der Waals surface area contributed by atoms with Gasteiger partial charge in [-0.15, -0.1) is 0 Å². The molecule has 2 amide bonds. The minimum absolute atomic E-state index is 0.0775. The zero-order valence-corrected chi connectivity index (χ0v) is 23.5. The number of carbonyl (C=O) groups is 2. The lowest BCUT2D eigenvalue weighted by Gasteiger charge is -2.31. The SMILES string of the molecule is CCCCNC(=O)C(Cc1ccccc1)N(Cc1cccc(Br)c1)C(=O)CCCOc1ccc(Cl)cc1. The average molecular weight is 586 g/mol. The van der Waals surface area contributed by atoms with Gasteiger partial charge in [0.25, 0.3) is 0 Å². The molecule has 37 heavy (non-hydrogen) atoms. The van der Waals surface area contributed by atoms with Crippen molar-refractivity contribution in [1.82, 2.24) is 10.2 Å². The molecule has 0 radical (unpaired) electrons. The van der Waals surface area contributed by atoms with Crippen LogP contribution in [0.25, 0.3) is 0 Å². The Kier molecular flexibility index (Phi) is 12.0. The summed E-state index contributed by atoms with van der Waals surface area (Å²) in [6.07, 6.45) is 3.13. The van der Waals surface area contributed by atoms with Gasteiger partial charge in [0, 0.05) is 35.4 Å². The molecule has 0 aromatic heterocycles. The Balaban J connectivity index is 1.77. The molecule has 0 aliphatic heterocycles. The standard InChI is InChI=1S/C30H34BrClN2O3/c1-2-3-18-33-30(36)28(21-23-9-5-4-6-10-23)34(22-24-11-7-12-25(31)20-24)29(35)13-8-19-37-27-16-14-26(32)15-17-27/h4-7,9-12,14-17,20,28H,2-3,8,13,18-19,21-22H2,1H3,(H,33,36). The summed E-state index contributed by atoms with van der Waals surface area (Å²) in [6.45, 7) is 3.41. The molecule has 1 unspecified atom stereocenters. The molecule has 3 rings (SSSR count). The summed E-state index contributed by atoms with van der Waals surface area (Å²) < 4.78 is 6.71. The predicted octanol–water partition coefficient (Wildman–Crippen LogP) is 6.82. The molecule has 0 aliphatic carbocycles. The second-order valence-corrected chi connectivity index (χ2v) is 10.3. The average Bonchev–Trinajstić information content (AvgIpc) is 2.90. The van der Waals surface area contributed by atoms with Gasteiger partial charge in [-0.05, 0) is 60.4 Å². The van der Waals surface area contributed by atoms with Crippen molar-refractivity contribution in [3.8, 4) is 5.75 Å². The van der Waals surface area contributed by atoms with Gasteiger partial charge in [-0.25, -0.2) is 0 Å². The minimum Gasteiger partial charge on any atom is -0.494 e. The molecule has 7 heteroatoms. The van der Waals surface area contributed by atoms with Crippen molar-refractivity contribution >= 4 is 39.3 Å². The van der Waals surface area contributed by atoms with Crippen LogP contribution in [-0.4, -0.2) is 35.9 Å². The molecule has 0 spiro atoms. The third-order valence-electron chi connectivity index (χ3n) is 5.96. The summed E-state index contributed by atoms with van der Waals surface area (Å²) in [6, 6.07) is 24.2. The number of nitrogens with zero attached hydrogens (tertiary/aromatic N) is 1. The number of carbonyl (C=O) groups excluding carboxylic acids is 2. The van der Waals surface area contributed by atoms with Crippen LogP contribution in [0.4, 0.5) is 0 Å². The highest BCUT2D eigenvalue weighted by Gasteiger charge is 2.30. The van der Waals surface area contributed by atoms with Gasteiger partial charge in [-0.2, -0.15) is 0 Å². The molecular weight excluding hydrogens is 552 g/mol. The number of nitrogens with one attached hydrogen (secondary N) is 1. The molecule has 1 atom stereocenters. The summed E-state index contributed by atoms with van der Waals surface area (Å²) in [4.78, 5) is 28.8. The number of amides is 2. The maximum Gasteiger partial charge on any atom is 0.243 e. The van der Waals surface area contributed by atoms with Crippen LogP contribution in [0.5, 0.6) is 5.75 Å². The lowest BCUT2D eigenvalue weighted by molar-refractivity contribution is -0.141. The van der Waals surface area contributed by atoms with Crippen LogP contribution in [0.2, 0.25) is 5.02 Å². The van der Waals surface area contributed by atoms with E-state index in [-0.39, 0.29) is 18.2 Å². The van der Waals surface area contributed by atoms with Gasteiger partial charge in [0.15, 0.2) is 0 Å². The summed E-state index contributed by atoms with van der Waals surface area (Å²) in [5.74, 6) is 0.504. The molecule has 0 saturated heterocycles. The molecule has 3 aromatic carbocycles. The van der Waals surface area contributed by atoms with Gasteiger partial charge in [0.05, 0.1) is 6.61 Å². The topological polar surface area (TPSA) is 58.6 Å². The smallest absolute Gasteiger partial charge is 0.243 e. The Bertz CT molecular complexity index is 1130. The number of ether oxygens (including phenoxy) is 1. The number of hydrogen-bond donors (Lipinski definition) is 1. The molecule has 5 nitrogen and oxygen atoms in total. The Morgan fingerprint density at radius 2 is 1.70 bits per heavy atom. The molecule has 3 aromatic rings. The van der Waals surface area contributed by atoms with E-state index in [0.717, 1.165) is 28.4 Å². The molecule has 0 aliphatic rings. The van der Waals surface area contributed by atoms with Gasteiger partial charge >= 0.3 is 0 Å². The highest BCUT2D eigenvalue weighted by Crippen LogP contribution is 2.20.